The quantitative estimate of drug-likeness (QED) is 0.928. The van der Waals surface area contributed by atoms with Gasteiger partial charge in [-0.2, -0.15) is 0 Å². The van der Waals surface area contributed by atoms with Crippen molar-refractivity contribution in [3.63, 3.8) is 0 Å². The first-order valence-corrected chi connectivity index (χ1v) is 8.37. The Morgan fingerprint density at radius 1 is 1.33 bits per heavy atom. The number of aromatic nitrogens is 1. The Balaban J connectivity index is 1.75. The molecule has 3 heterocycles. The van der Waals surface area contributed by atoms with Crippen molar-refractivity contribution in [1.82, 2.24) is 14.8 Å². The third-order valence-corrected chi connectivity index (χ3v) is 5.02. The van der Waals surface area contributed by atoms with E-state index in [2.05, 4.69) is 40.2 Å². The predicted molar refractivity (Wildman–Crippen MR) is 83.9 cm³/mol. The zero-order valence-electron chi connectivity index (χ0n) is 13.1. The first kappa shape index (κ1) is 14.6. The van der Waals surface area contributed by atoms with Crippen molar-refractivity contribution in [3.05, 3.63) is 24.0 Å². The van der Waals surface area contributed by atoms with Crippen LogP contribution in [0.1, 0.15) is 50.3 Å². The highest BCUT2D eigenvalue weighted by Crippen LogP contribution is 2.31. The average molecular weight is 289 g/mol. The molecule has 4 nitrogen and oxygen atoms in total. The lowest BCUT2D eigenvalue weighted by atomic mass is 10.0. The van der Waals surface area contributed by atoms with Gasteiger partial charge in [0.25, 0.3) is 0 Å². The molecule has 1 N–H and O–H groups in total. The first-order valence-electron chi connectivity index (χ1n) is 8.37. The fourth-order valence-electron chi connectivity index (χ4n) is 3.79. The van der Waals surface area contributed by atoms with Crippen molar-refractivity contribution < 1.29 is 4.79 Å². The zero-order valence-corrected chi connectivity index (χ0v) is 13.1. The van der Waals surface area contributed by atoms with Gasteiger partial charge in [-0.25, -0.2) is 0 Å². The summed E-state index contributed by atoms with van der Waals surface area (Å²) in [5.41, 5.74) is 1.29. The van der Waals surface area contributed by atoms with Crippen molar-refractivity contribution >= 4 is 5.91 Å². The van der Waals surface area contributed by atoms with Gasteiger partial charge in [-0.15, -0.1) is 0 Å². The fourth-order valence-corrected chi connectivity index (χ4v) is 3.79. The molecule has 1 amide bonds. The average Bonchev–Trinajstić information content (AvgIpc) is 3.05. The van der Waals surface area contributed by atoms with Crippen LogP contribution in [-0.4, -0.2) is 35.0 Å². The minimum Gasteiger partial charge on any atom is -0.353 e. The van der Waals surface area contributed by atoms with E-state index in [4.69, 9.17) is 0 Å². The van der Waals surface area contributed by atoms with Crippen LogP contribution < -0.4 is 5.32 Å². The Hall–Kier alpha value is -1.29. The van der Waals surface area contributed by atoms with E-state index >= 15 is 0 Å². The Kier molecular flexibility index (Phi) is 4.63. The standard InChI is InChI=1S/C17H27N3O/c1-19-10-5-7-15(19)16-6-3-2-4-11-20(16)17(21)12-14-8-9-18-13-14/h5,7,10,14,16,18H,2-4,6,8-9,11-13H2,1H3. The molecule has 116 valence electrons. The molecule has 2 unspecified atom stereocenters. The monoisotopic (exact) mass is 289 g/mol. The maximum Gasteiger partial charge on any atom is 0.223 e. The molecule has 1 aromatic heterocycles. The molecule has 2 atom stereocenters. The predicted octanol–water partition coefficient (Wildman–Crippen LogP) is 2.47. The minimum absolute atomic E-state index is 0.273. The Bertz CT molecular complexity index is 476. The number of amides is 1. The van der Waals surface area contributed by atoms with Crippen LogP contribution in [0, 0.1) is 5.92 Å². The topological polar surface area (TPSA) is 37.3 Å². The summed E-state index contributed by atoms with van der Waals surface area (Å²) in [7, 11) is 2.09. The lowest BCUT2D eigenvalue weighted by Gasteiger charge is -2.31. The first-order chi connectivity index (χ1) is 10.3. The van der Waals surface area contributed by atoms with E-state index in [1.807, 2.05) is 0 Å². The van der Waals surface area contributed by atoms with Gasteiger partial charge in [0.2, 0.25) is 5.91 Å². The van der Waals surface area contributed by atoms with Crippen LogP contribution in [0.2, 0.25) is 0 Å². The highest BCUT2D eigenvalue weighted by atomic mass is 16.2. The van der Waals surface area contributed by atoms with Gasteiger partial charge < -0.3 is 14.8 Å². The molecule has 2 saturated heterocycles. The second-order valence-corrected chi connectivity index (χ2v) is 6.56. The molecule has 0 spiro atoms. The molecular weight excluding hydrogens is 262 g/mol. The van der Waals surface area contributed by atoms with Gasteiger partial charge in [0, 0.05) is 31.9 Å². The van der Waals surface area contributed by atoms with Gasteiger partial charge in [0.15, 0.2) is 0 Å². The molecule has 2 aliphatic heterocycles. The van der Waals surface area contributed by atoms with Crippen molar-refractivity contribution in [3.8, 4) is 0 Å². The van der Waals surface area contributed by atoms with Gasteiger partial charge in [0.1, 0.15) is 0 Å². The Morgan fingerprint density at radius 2 is 2.24 bits per heavy atom. The highest BCUT2D eigenvalue weighted by Gasteiger charge is 2.30. The molecule has 2 aliphatic rings. The number of carbonyl (C=O) groups excluding carboxylic acids is 1. The van der Waals surface area contributed by atoms with Gasteiger partial charge in [-0.3, -0.25) is 4.79 Å². The third-order valence-electron chi connectivity index (χ3n) is 5.02. The maximum atomic E-state index is 12.8. The van der Waals surface area contributed by atoms with Crippen LogP contribution in [0.15, 0.2) is 18.3 Å². The van der Waals surface area contributed by atoms with E-state index in [-0.39, 0.29) is 6.04 Å². The number of nitrogens with one attached hydrogen (secondary N) is 1. The second kappa shape index (κ2) is 6.65. The summed E-state index contributed by atoms with van der Waals surface area (Å²) in [6.07, 6.45) is 8.68. The van der Waals surface area contributed by atoms with Gasteiger partial charge in [-0.05, 0) is 50.4 Å². The third kappa shape index (κ3) is 3.31. The second-order valence-electron chi connectivity index (χ2n) is 6.56. The van der Waals surface area contributed by atoms with Crippen LogP contribution >= 0.6 is 0 Å². The summed E-state index contributed by atoms with van der Waals surface area (Å²) in [4.78, 5) is 15.0. The molecule has 0 aromatic carbocycles. The van der Waals surface area contributed by atoms with Crippen LogP contribution in [0.3, 0.4) is 0 Å². The summed E-state index contributed by atoms with van der Waals surface area (Å²) in [5, 5.41) is 3.37. The van der Waals surface area contributed by atoms with Crippen LogP contribution in [0.25, 0.3) is 0 Å². The van der Waals surface area contributed by atoms with Crippen molar-refractivity contribution in [2.75, 3.05) is 19.6 Å². The zero-order chi connectivity index (χ0) is 14.7. The SMILES string of the molecule is Cn1cccc1C1CCCCCN1C(=O)CC1CCNC1. The number of nitrogens with zero attached hydrogens (tertiary/aromatic N) is 2. The van der Waals surface area contributed by atoms with E-state index in [1.165, 1.54) is 18.5 Å². The number of rotatable bonds is 3. The normalized spacial score (nSPS) is 26.8. The summed E-state index contributed by atoms with van der Waals surface area (Å²) < 4.78 is 2.17. The van der Waals surface area contributed by atoms with E-state index in [0.29, 0.717) is 18.2 Å². The van der Waals surface area contributed by atoms with Crippen molar-refractivity contribution in [2.45, 2.75) is 44.6 Å². The Labute approximate surface area is 127 Å². The lowest BCUT2D eigenvalue weighted by molar-refractivity contribution is -0.134. The lowest BCUT2D eigenvalue weighted by Crippen LogP contribution is -2.36. The maximum absolute atomic E-state index is 12.8. The number of carbonyl (C=O) groups is 1. The van der Waals surface area contributed by atoms with Crippen molar-refractivity contribution in [1.29, 1.82) is 0 Å². The largest absolute Gasteiger partial charge is 0.353 e. The Morgan fingerprint density at radius 3 is 2.95 bits per heavy atom. The van der Waals surface area contributed by atoms with Crippen LogP contribution in [0.5, 0.6) is 0 Å². The van der Waals surface area contributed by atoms with E-state index in [9.17, 15) is 4.79 Å². The number of hydrogen-bond acceptors (Lipinski definition) is 2. The van der Waals surface area contributed by atoms with Crippen LogP contribution in [0.4, 0.5) is 0 Å². The molecule has 1 aromatic rings. The highest BCUT2D eigenvalue weighted by molar-refractivity contribution is 5.77. The van der Waals surface area contributed by atoms with Gasteiger partial charge in [0.05, 0.1) is 6.04 Å². The summed E-state index contributed by atoms with van der Waals surface area (Å²) in [6.45, 7) is 3.00. The number of likely N-dealkylation sites (tertiary alicyclic amines) is 1. The van der Waals surface area contributed by atoms with Gasteiger partial charge in [-0.1, -0.05) is 12.8 Å². The molecule has 21 heavy (non-hydrogen) atoms. The molecule has 3 rings (SSSR count). The summed E-state index contributed by atoms with van der Waals surface area (Å²) >= 11 is 0. The van der Waals surface area contributed by atoms with E-state index in [0.717, 1.165) is 38.9 Å². The molecular formula is C17H27N3O. The van der Waals surface area contributed by atoms with Crippen LogP contribution in [-0.2, 0) is 11.8 Å². The molecule has 4 heteroatoms. The van der Waals surface area contributed by atoms with Gasteiger partial charge >= 0.3 is 0 Å². The molecule has 0 aliphatic carbocycles. The smallest absolute Gasteiger partial charge is 0.223 e. The molecule has 0 radical (unpaired) electrons. The van der Waals surface area contributed by atoms with Crippen molar-refractivity contribution in [2.24, 2.45) is 13.0 Å². The van der Waals surface area contributed by atoms with E-state index in [1.54, 1.807) is 0 Å². The summed E-state index contributed by atoms with van der Waals surface area (Å²) in [6, 6.07) is 4.53. The fraction of sp³-hybridized carbons (Fsp3) is 0.706. The number of aryl methyl sites for hydroxylation is 1. The van der Waals surface area contributed by atoms with E-state index < -0.39 is 0 Å². The molecule has 0 bridgehead atoms. The summed E-state index contributed by atoms with van der Waals surface area (Å²) in [5.74, 6) is 0.895. The minimum atomic E-state index is 0.273. The molecule has 2 fully saturated rings. The molecule has 0 saturated carbocycles. The number of hydrogen-bond donors (Lipinski definition) is 1.